The van der Waals surface area contributed by atoms with Crippen LogP contribution in [0.5, 0.6) is 5.75 Å². The third-order valence-electron chi connectivity index (χ3n) is 3.97. The topological polar surface area (TPSA) is 29.5 Å². The van der Waals surface area contributed by atoms with Crippen molar-refractivity contribution in [2.24, 2.45) is 5.92 Å². The van der Waals surface area contributed by atoms with Crippen molar-refractivity contribution in [3.63, 3.8) is 0 Å². The fourth-order valence-electron chi connectivity index (χ4n) is 2.57. The van der Waals surface area contributed by atoms with Gasteiger partial charge in [-0.15, -0.1) is 0 Å². The molecule has 0 amide bonds. The van der Waals surface area contributed by atoms with Crippen LogP contribution in [0.2, 0.25) is 0 Å². The van der Waals surface area contributed by atoms with Crippen molar-refractivity contribution >= 4 is 0 Å². The highest BCUT2D eigenvalue weighted by Gasteiger charge is 2.51. The highest BCUT2D eigenvalue weighted by Crippen LogP contribution is 2.54. The fraction of sp³-hybridized carbons (Fsp3) is 0.571. The van der Waals surface area contributed by atoms with Gasteiger partial charge in [-0.25, -0.2) is 0 Å². The summed E-state index contributed by atoms with van der Waals surface area (Å²) in [4.78, 5) is 0. The molecule has 1 aromatic rings. The summed E-state index contributed by atoms with van der Waals surface area (Å²) in [5.41, 5.74) is 2.52. The lowest BCUT2D eigenvalue weighted by molar-refractivity contribution is 0.247. The van der Waals surface area contributed by atoms with E-state index in [1.165, 1.54) is 11.1 Å². The van der Waals surface area contributed by atoms with Gasteiger partial charge in [-0.1, -0.05) is 26.0 Å². The minimum absolute atomic E-state index is 0.0240. The molecule has 0 aliphatic heterocycles. The molecule has 0 heterocycles. The van der Waals surface area contributed by atoms with Gasteiger partial charge >= 0.3 is 0 Å². The van der Waals surface area contributed by atoms with Crippen molar-refractivity contribution in [1.29, 1.82) is 0 Å². The minimum Gasteiger partial charge on any atom is -0.496 e. The Labute approximate surface area is 97.3 Å². The number of methoxy groups -OCH3 is 1. The first-order chi connectivity index (χ1) is 7.67. The molecule has 1 N–H and O–H groups in total. The number of hydrogen-bond donors (Lipinski definition) is 1. The molecule has 1 fully saturated rings. The zero-order valence-corrected chi connectivity index (χ0v) is 10.3. The molecule has 88 valence electrons. The molecule has 0 aromatic heterocycles. The molecule has 1 aliphatic rings. The summed E-state index contributed by atoms with van der Waals surface area (Å²) in [5, 5.41) is 9.54. The molecule has 0 bridgehead atoms. The van der Waals surface area contributed by atoms with E-state index in [0.717, 1.165) is 18.6 Å². The van der Waals surface area contributed by atoms with Gasteiger partial charge in [0.2, 0.25) is 0 Å². The Morgan fingerprint density at radius 2 is 2.19 bits per heavy atom. The number of ether oxygens (including phenoxy) is 1. The quantitative estimate of drug-likeness (QED) is 0.845. The average Bonchev–Trinajstić information content (AvgIpc) is 3.00. The smallest absolute Gasteiger partial charge is 0.122 e. The highest BCUT2D eigenvalue weighted by atomic mass is 16.5. The number of hydrogen-bond acceptors (Lipinski definition) is 2. The van der Waals surface area contributed by atoms with Gasteiger partial charge in [0.1, 0.15) is 5.75 Å². The molecule has 2 heteroatoms. The molecule has 2 nitrogen and oxygen atoms in total. The van der Waals surface area contributed by atoms with Crippen molar-refractivity contribution in [3.05, 3.63) is 29.3 Å². The Morgan fingerprint density at radius 1 is 1.50 bits per heavy atom. The van der Waals surface area contributed by atoms with E-state index in [2.05, 4.69) is 26.0 Å². The van der Waals surface area contributed by atoms with E-state index in [0.29, 0.717) is 5.92 Å². The van der Waals surface area contributed by atoms with Crippen LogP contribution in [0.15, 0.2) is 18.2 Å². The average molecular weight is 220 g/mol. The normalized spacial score (nSPS) is 27.9. The summed E-state index contributed by atoms with van der Waals surface area (Å²) in [6.07, 6.45) is 2.06. The first kappa shape index (κ1) is 11.5. The van der Waals surface area contributed by atoms with Gasteiger partial charge in [-0.3, -0.25) is 0 Å². The van der Waals surface area contributed by atoms with Crippen LogP contribution in [0.25, 0.3) is 0 Å². The maximum atomic E-state index is 9.54. The van der Waals surface area contributed by atoms with Crippen LogP contribution in [-0.2, 0) is 11.8 Å². The molecule has 1 aromatic carbocycles. The number of aliphatic hydroxyl groups excluding tert-OH is 1. The molecule has 2 atom stereocenters. The van der Waals surface area contributed by atoms with Crippen molar-refractivity contribution in [2.45, 2.75) is 32.1 Å². The Balaban J connectivity index is 2.37. The van der Waals surface area contributed by atoms with Crippen molar-refractivity contribution in [3.8, 4) is 5.75 Å². The maximum absolute atomic E-state index is 9.54. The number of benzene rings is 1. The van der Waals surface area contributed by atoms with Crippen molar-refractivity contribution in [2.75, 3.05) is 13.7 Å². The van der Waals surface area contributed by atoms with E-state index in [1.807, 2.05) is 6.07 Å². The molecule has 1 aliphatic carbocycles. The molecular formula is C14H20O2. The molecule has 0 radical (unpaired) electrons. The highest BCUT2D eigenvalue weighted by molar-refractivity contribution is 5.43. The minimum atomic E-state index is 0.0240. The molecule has 0 spiro atoms. The second-order valence-corrected chi connectivity index (χ2v) is 4.80. The third kappa shape index (κ3) is 1.61. The second kappa shape index (κ2) is 4.10. The van der Waals surface area contributed by atoms with E-state index in [4.69, 9.17) is 4.74 Å². The van der Waals surface area contributed by atoms with Gasteiger partial charge in [0.05, 0.1) is 13.7 Å². The number of rotatable bonds is 4. The summed E-state index contributed by atoms with van der Waals surface area (Å²) in [5.74, 6) is 1.54. The lowest BCUT2D eigenvalue weighted by Gasteiger charge is -2.16. The van der Waals surface area contributed by atoms with Gasteiger partial charge in [-0.05, 0) is 36.0 Å². The SMILES string of the molecule is CCc1cc(C2(CO)CC2C)ccc1OC. The van der Waals surface area contributed by atoms with E-state index in [9.17, 15) is 5.11 Å². The number of aryl methyl sites for hydroxylation is 1. The van der Waals surface area contributed by atoms with Crippen molar-refractivity contribution < 1.29 is 9.84 Å². The lowest BCUT2D eigenvalue weighted by Crippen LogP contribution is -2.15. The first-order valence-electron chi connectivity index (χ1n) is 5.96. The van der Waals surface area contributed by atoms with Crippen LogP contribution in [0.3, 0.4) is 0 Å². The van der Waals surface area contributed by atoms with Crippen LogP contribution in [-0.4, -0.2) is 18.8 Å². The van der Waals surface area contributed by atoms with E-state index >= 15 is 0 Å². The third-order valence-corrected chi connectivity index (χ3v) is 3.97. The maximum Gasteiger partial charge on any atom is 0.122 e. The monoisotopic (exact) mass is 220 g/mol. The van der Waals surface area contributed by atoms with Crippen molar-refractivity contribution in [1.82, 2.24) is 0 Å². The van der Waals surface area contributed by atoms with Crippen LogP contribution in [0.1, 0.15) is 31.4 Å². The van der Waals surface area contributed by atoms with E-state index in [1.54, 1.807) is 7.11 Å². The molecule has 1 saturated carbocycles. The van der Waals surface area contributed by atoms with Gasteiger partial charge in [-0.2, -0.15) is 0 Å². The zero-order valence-electron chi connectivity index (χ0n) is 10.3. The Morgan fingerprint density at radius 3 is 2.62 bits per heavy atom. The second-order valence-electron chi connectivity index (χ2n) is 4.80. The fourth-order valence-corrected chi connectivity index (χ4v) is 2.57. The van der Waals surface area contributed by atoms with Gasteiger partial charge in [0.25, 0.3) is 0 Å². The van der Waals surface area contributed by atoms with Gasteiger partial charge < -0.3 is 9.84 Å². The largest absolute Gasteiger partial charge is 0.496 e. The Kier molecular flexibility index (Phi) is 2.94. The van der Waals surface area contributed by atoms with Crippen LogP contribution in [0, 0.1) is 5.92 Å². The molecule has 0 saturated heterocycles. The van der Waals surface area contributed by atoms with E-state index in [-0.39, 0.29) is 12.0 Å². The standard InChI is InChI=1S/C14H20O2/c1-4-11-7-12(5-6-13(11)16-3)14(9-15)8-10(14)2/h5-7,10,15H,4,8-9H2,1-3H3. The Bertz CT molecular complexity index is 382. The lowest BCUT2D eigenvalue weighted by atomic mass is 9.92. The molecule has 2 rings (SSSR count). The summed E-state index contributed by atoms with van der Waals surface area (Å²) in [6, 6.07) is 6.31. The number of aliphatic hydroxyl groups is 1. The summed E-state index contributed by atoms with van der Waals surface area (Å²) in [6.45, 7) is 4.58. The van der Waals surface area contributed by atoms with Crippen LogP contribution < -0.4 is 4.74 Å². The molecule has 16 heavy (non-hydrogen) atoms. The predicted octanol–water partition coefficient (Wildman–Crippen LogP) is 2.53. The zero-order chi connectivity index (χ0) is 11.8. The molecular weight excluding hydrogens is 200 g/mol. The van der Waals surface area contributed by atoms with Gasteiger partial charge in [0.15, 0.2) is 0 Å². The van der Waals surface area contributed by atoms with Crippen LogP contribution >= 0.6 is 0 Å². The van der Waals surface area contributed by atoms with Gasteiger partial charge in [0, 0.05) is 5.41 Å². The summed E-state index contributed by atoms with van der Waals surface area (Å²) in [7, 11) is 1.70. The Hall–Kier alpha value is -1.02. The summed E-state index contributed by atoms with van der Waals surface area (Å²) >= 11 is 0. The first-order valence-corrected chi connectivity index (χ1v) is 5.96. The predicted molar refractivity (Wildman–Crippen MR) is 64.9 cm³/mol. The molecule has 2 unspecified atom stereocenters. The summed E-state index contributed by atoms with van der Waals surface area (Å²) < 4.78 is 5.32. The van der Waals surface area contributed by atoms with Crippen LogP contribution in [0.4, 0.5) is 0 Å². The van der Waals surface area contributed by atoms with E-state index < -0.39 is 0 Å².